The molecule has 0 heterocycles. The Hall–Kier alpha value is -1.89. The molecule has 2 N–H and O–H groups in total. The van der Waals surface area contributed by atoms with Gasteiger partial charge in [-0.1, -0.05) is 12.1 Å². The van der Waals surface area contributed by atoms with Crippen molar-refractivity contribution in [2.75, 3.05) is 0 Å². The number of benzene rings is 1. The third-order valence-corrected chi connectivity index (χ3v) is 2.29. The molecule has 16 heavy (non-hydrogen) atoms. The molecule has 0 saturated heterocycles. The van der Waals surface area contributed by atoms with Crippen LogP contribution in [0.4, 0.5) is 0 Å². The van der Waals surface area contributed by atoms with Crippen LogP contribution in [0.25, 0.3) is 0 Å². The lowest BCUT2D eigenvalue weighted by Crippen LogP contribution is -2.20. The highest BCUT2D eigenvalue weighted by molar-refractivity contribution is 7.61. The molecule has 0 aromatic heterocycles. The average Bonchev–Trinajstić information content (AvgIpc) is 2.19. The van der Waals surface area contributed by atoms with Gasteiger partial charge in [-0.05, 0) is 17.7 Å². The summed E-state index contributed by atoms with van der Waals surface area (Å²) in [5.74, 6) is -1.25. The van der Waals surface area contributed by atoms with Gasteiger partial charge in [-0.3, -0.25) is 0 Å². The highest BCUT2D eigenvalue weighted by atomic mass is 32.2. The zero-order valence-corrected chi connectivity index (χ0v) is 8.88. The van der Waals surface area contributed by atoms with E-state index in [4.69, 9.17) is 10.2 Å². The van der Waals surface area contributed by atoms with Gasteiger partial charge in [-0.15, -0.1) is 0 Å². The molecule has 0 unspecified atom stereocenters. The van der Waals surface area contributed by atoms with E-state index in [-0.39, 0.29) is 12.2 Å². The maximum absolute atomic E-state index is 10.7. The zero-order valence-electron chi connectivity index (χ0n) is 8.07. The third kappa shape index (κ3) is 3.70. The Bertz CT molecular complexity index is 497. The number of aliphatic carboxylic acids is 1. The average molecular weight is 243 g/mol. The van der Waals surface area contributed by atoms with Crippen LogP contribution >= 0.6 is 0 Å². The molecule has 0 fully saturated rings. The van der Waals surface area contributed by atoms with Gasteiger partial charge in [0.05, 0.1) is 0 Å². The van der Waals surface area contributed by atoms with Crippen LogP contribution in [0.2, 0.25) is 0 Å². The third-order valence-electron chi connectivity index (χ3n) is 1.86. The summed E-state index contributed by atoms with van der Waals surface area (Å²) < 4.78 is 23.6. The van der Waals surface area contributed by atoms with E-state index >= 15 is 0 Å². The molecular weight excluding hydrogens is 234 g/mol. The highest BCUT2D eigenvalue weighted by Gasteiger charge is 2.17. The van der Waals surface area contributed by atoms with Gasteiger partial charge in [0.1, 0.15) is 5.75 Å². The SMILES string of the molecule is O=C(O)[C@@H](Cc1ccc(O)cc1)N=S(=O)=O. The maximum atomic E-state index is 10.7. The van der Waals surface area contributed by atoms with Crippen molar-refractivity contribution in [2.45, 2.75) is 12.5 Å². The first-order chi connectivity index (χ1) is 7.49. The molecule has 1 atom stereocenters. The minimum atomic E-state index is -2.75. The topological polar surface area (TPSA) is 104 Å². The number of rotatable bonds is 4. The number of phenols is 1. The Morgan fingerprint density at radius 2 is 1.88 bits per heavy atom. The van der Waals surface area contributed by atoms with E-state index in [1.807, 2.05) is 0 Å². The number of carbonyl (C=O) groups is 1. The second kappa shape index (κ2) is 5.26. The lowest BCUT2D eigenvalue weighted by atomic mass is 10.1. The Morgan fingerprint density at radius 3 is 2.31 bits per heavy atom. The number of carboxylic acids is 1. The Balaban J connectivity index is 2.88. The lowest BCUT2D eigenvalue weighted by Gasteiger charge is -2.04. The minimum Gasteiger partial charge on any atom is -0.508 e. The highest BCUT2D eigenvalue weighted by Crippen LogP contribution is 2.12. The van der Waals surface area contributed by atoms with Gasteiger partial charge in [-0.25, -0.2) is 4.79 Å². The van der Waals surface area contributed by atoms with Gasteiger partial charge in [0.25, 0.3) is 0 Å². The second-order valence-electron chi connectivity index (χ2n) is 3.05. The fourth-order valence-corrected chi connectivity index (χ4v) is 1.50. The van der Waals surface area contributed by atoms with E-state index in [2.05, 4.69) is 4.36 Å². The fraction of sp³-hybridized carbons (Fsp3) is 0.222. The van der Waals surface area contributed by atoms with Crippen LogP contribution in [0.5, 0.6) is 5.75 Å². The molecule has 0 aliphatic heterocycles. The molecule has 0 bridgehead atoms. The summed E-state index contributed by atoms with van der Waals surface area (Å²) in [4.78, 5) is 10.7. The van der Waals surface area contributed by atoms with E-state index < -0.39 is 22.5 Å². The number of nitrogens with zero attached hydrogens (tertiary/aromatic N) is 1. The van der Waals surface area contributed by atoms with Gasteiger partial charge in [0.15, 0.2) is 6.04 Å². The van der Waals surface area contributed by atoms with E-state index in [9.17, 15) is 13.2 Å². The van der Waals surface area contributed by atoms with Crippen LogP contribution < -0.4 is 0 Å². The summed E-state index contributed by atoms with van der Waals surface area (Å²) in [6.45, 7) is 0. The van der Waals surface area contributed by atoms with Crippen molar-refractivity contribution in [3.8, 4) is 5.75 Å². The van der Waals surface area contributed by atoms with Crippen LogP contribution in [0.15, 0.2) is 28.6 Å². The molecule has 1 aromatic rings. The van der Waals surface area contributed by atoms with Crippen LogP contribution in [0.3, 0.4) is 0 Å². The van der Waals surface area contributed by atoms with Crippen molar-refractivity contribution < 1.29 is 23.4 Å². The normalized spacial score (nSPS) is 11.8. The predicted molar refractivity (Wildman–Crippen MR) is 54.6 cm³/mol. The maximum Gasteiger partial charge on any atom is 0.330 e. The lowest BCUT2D eigenvalue weighted by molar-refractivity contribution is -0.138. The molecule has 6 nitrogen and oxygen atoms in total. The zero-order chi connectivity index (χ0) is 12.1. The largest absolute Gasteiger partial charge is 0.508 e. The minimum absolute atomic E-state index is 0.0381. The number of hydrogen-bond donors (Lipinski definition) is 2. The number of hydrogen-bond acceptors (Lipinski definition) is 5. The number of carboxylic acid groups (broad SMARTS) is 1. The van der Waals surface area contributed by atoms with Crippen molar-refractivity contribution in [2.24, 2.45) is 4.36 Å². The molecule has 0 spiro atoms. The Kier molecular flexibility index (Phi) is 4.01. The van der Waals surface area contributed by atoms with Gasteiger partial charge < -0.3 is 10.2 Å². The van der Waals surface area contributed by atoms with Crippen molar-refractivity contribution in [3.63, 3.8) is 0 Å². The summed E-state index contributed by atoms with van der Waals surface area (Å²) >= 11 is 0. The molecule has 1 rings (SSSR count). The first-order valence-corrected chi connectivity index (χ1v) is 5.33. The molecule has 0 radical (unpaired) electrons. The van der Waals surface area contributed by atoms with Crippen molar-refractivity contribution in [1.82, 2.24) is 0 Å². The summed E-state index contributed by atoms with van der Waals surface area (Å²) in [5, 5.41) is 17.7. The molecule has 0 aliphatic rings. The Labute approximate surface area is 92.9 Å². The van der Waals surface area contributed by atoms with E-state index in [0.717, 1.165) is 0 Å². The van der Waals surface area contributed by atoms with E-state index in [0.29, 0.717) is 5.56 Å². The second-order valence-corrected chi connectivity index (χ2v) is 3.69. The molecule has 86 valence electrons. The van der Waals surface area contributed by atoms with E-state index in [1.54, 1.807) is 0 Å². The van der Waals surface area contributed by atoms with Crippen molar-refractivity contribution in [1.29, 1.82) is 0 Å². The summed E-state index contributed by atoms with van der Waals surface area (Å²) in [6.07, 6.45) is -0.0381. The molecule has 0 amide bonds. The molecule has 0 aliphatic carbocycles. The van der Waals surface area contributed by atoms with Crippen LogP contribution in [-0.2, 0) is 21.7 Å². The van der Waals surface area contributed by atoms with E-state index in [1.165, 1.54) is 24.3 Å². The van der Waals surface area contributed by atoms with Crippen molar-refractivity contribution >= 4 is 16.5 Å². The van der Waals surface area contributed by atoms with Gasteiger partial charge in [0, 0.05) is 6.42 Å². The number of aromatic hydroxyl groups is 1. The standard InChI is InChI=1S/C9H9NO5S/c11-7-3-1-6(2-4-7)5-8(9(12)13)10-16(14)15/h1-4,8,11H,5H2,(H,12,13)/t8-/m1/s1. The molecule has 0 saturated carbocycles. The summed E-state index contributed by atoms with van der Waals surface area (Å²) in [7, 11) is -2.75. The predicted octanol–water partition coefficient (Wildman–Crippen LogP) is 0.451. The quantitative estimate of drug-likeness (QED) is 0.799. The van der Waals surface area contributed by atoms with Crippen LogP contribution in [0.1, 0.15) is 5.56 Å². The van der Waals surface area contributed by atoms with Crippen LogP contribution in [0, 0.1) is 0 Å². The van der Waals surface area contributed by atoms with Gasteiger partial charge in [-0.2, -0.15) is 12.8 Å². The smallest absolute Gasteiger partial charge is 0.330 e. The van der Waals surface area contributed by atoms with Gasteiger partial charge >= 0.3 is 16.5 Å². The first-order valence-electron chi connectivity index (χ1n) is 4.30. The summed E-state index contributed by atoms with van der Waals surface area (Å²) in [5.41, 5.74) is 0.583. The summed E-state index contributed by atoms with van der Waals surface area (Å²) in [6, 6.07) is 4.47. The first kappa shape index (κ1) is 12.2. The monoisotopic (exact) mass is 243 g/mol. The molecular formula is C9H9NO5S. The fourth-order valence-electron chi connectivity index (χ4n) is 1.13. The van der Waals surface area contributed by atoms with Crippen LogP contribution in [-0.4, -0.2) is 30.6 Å². The number of phenolic OH excluding ortho intramolecular Hbond substituents is 1. The molecule has 7 heteroatoms. The van der Waals surface area contributed by atoms with Crippen molar-refractivity contribution in [3.05, 3.63) is 29.8 Å². The molecule has 1 aromatic carbocycles. The Morgan fingerprint density at radius 1 is 1.31 bits per heavy atom. The van der Waals surface area contributed by atoms with Gasteiger partial charge in [0.2, 0.25) is 0 Å².